The smallest absolute Gasteiger partial charge is 0.148 e. The second-order valence-electron chi connectivity index (χ2n) is 5.31. The molecule has 0 atom stereocenters. The molecule has 16 heavy (non-hydrogen) atoms. The molecule has 0 aromatic carbocycles. The van der Waals surface area contributed by atoms with Gasteiger partial charge in [-0.15, -0.1) is 0 Å². The summed E-state index contributed by atoms with van der Waals surface area (Å²) in [6.45, 7) is 9.99. The summed E-state index contributed by atoms with van der Waals surface area (Å²) in [5, 5.41) is 0. The van der Waals surface area contributed by atoms with Crippen molar-refractivity contribution in [1.82, 2.24) is 4.98 Å². The minimum Gasteiger partial charge on any atom is -0.495 e. The Hall–Kier alpha value is -1.12. The summed E-state index contributed by atoms with van der Waals surface area (Å²) in [7, 11) is 1.54. The van der Waals surface area contributed by atoms with Crippen molar-refractivity contribution in [3.63, 3.8) is 0 Å². The lowest BCUT2D eigenvalue weighted by atomic mass is 9.90. The van der Waals surface area contributed by atoms with Crippen molar-refractivity contribution in [2.24, 2.45) is 0 Å². The lowest BCUT2D eigenvalue weighted by Gasteiger charge is -2.22. The standard InChI is InChI=1S/C13H20FNO/c1-8(2)11-9(14)7-10(16-6)12(15-11)13(3,4)5/h7-8H,1-6H3. The van der Waals surface area contributed by atoms with E-state index in [0.717, 1.165) is 5.69 Å². The van der Waals surface area contributed by atoms with Crippen molar-refractivity contribution in [1.29, 1.82) is 0 Å². The largest absolute Gasteiger partial charge is 0.495 e. The fourth-order valence-electron chi connectivity index (χ4n) is 1.58. The lowest BCUT2D eigenvalue weighted by Crippen LogP contribution is -2.17. The van der Waals surface area contributed by atoms with Crippen LogP contribution < -0.4 is 4.74 Å². The maximum atomic E-state index is 13.7. The first kappa shape index (κ1) is 12.9. The number of halogens is 1. The first-order valence-electron chi connectivity index (χ1n) is 5.52. The molecule has 0 unspecified atom stereocenters. The third kappa shape index (κ3) is 2.52. The van der Waals surface area contributed by atoms with Crippen LogP contribution in [-0.4, -0.2) is 12.1 Å². The molecule has 90 valence electrons. The van der Waals surface area contributed by atoms with Crippen LogP contribution in [0, 0.1) is 5.82 Å². The Morgan fingerprint density at radius 1 is 1.31 bits per heavy atom. The van der Waals surface area contributed by atoms with Crippen molar-refractivity contribution in [3.8, 4) is 5.75 Å². The van der Waals surface area contributed by atoms with Gasteiger partial charge in [-0.25, -0.2) is 4.39 Å². The fourth-order valence-corrected chi connectivity index (χ4v) is 1.58. The molecule has 1 rings (SSSR count). The van der Waals surface area contributed by atoms with Crippen LogP contribution in [0.1, 0.15) is 51.9 Å². The van der Waals surface area contributed by atoms with Gasteiger partial charge in [0.15, 0.2) is 0 Å². The SMILES string of the molecule is COc1cc(F)c(C(C)C)nc1C(C)(C)C. The Morgan fingerprint density at radius 2 is 1.88 bits per heavy atom. The van der Waals surface area contributed by atoms with E-state index in [1.807, 2.05) is 34.6 Å². The van der Waals surface area contributed by atoms with E-state index >= 15 is 0 Å². The number of methoxy groups -OCH3 is 1. The van der Waals surface area contributed by atoms with Crippen molar-refractivity contribution in [2.75, 3.05) is 7.11 Å². The number of ether oxygens (including phenoxy) is 1. The van der Waals surface area contributed by atoms with E-state index in [0.29, 0.717) is 11.4 Å². The number of nitrogens with zero attached hydrogens (tertiary/aromatic N) is 1. The summed E-state index contributed by atoms with van der Waals surface area (Å²) in [6, 6.07) is 1.43. The summed E-state index contributed by atoms with van der Waals surface area (Å²) < 4.78 is 18.9. The molecule has 0 spiro atoms. The topological polar surface area (TPSA) is 22.1 Å². The van der Waals surface area contributed by atoms with Crippen molar-refractivity contribution in [3.05, 3.63) is 23.3 Å². The van der Waals surface area contributed by atoms with Crippen molar-refractivity contribution in [2.45, 2.75) is 46.0 Å². The molecule has 0 radical (unpaired) electrons. The number of aromatic nitrogens is 1. The van der Waals surface area contributed by atoms with Crippen LogP contribution in [-0.2, 0) is 5.41 Å². The monoisotopic (exact) mass is 225 g/mol. The molecule has 0 saturated heterocycles. The van der Waals surface area contributed by atoms with E-state index in [1.165, 1.54) is 6.07 Å². The number of pyridine rings is 1. The van der Waals surface area contributed by atoms with Crippen LogP contribution in [0.15, 0.2) is 6.07 Å². The van der Waals surface area contributed by atoms with Crippen LogP contribution >= 0.6 is 0 Å². The number of hydrogen-bond acceptors (Lipinski definition) is 2. The molecule has 0 N–H and O–H groups in total. The zero-order valence-electron chi connectivity index (χ0n) is 10.9. The van der Waals surface area contributed by atoms with Gasteiger partial charge in [0.2, 0.25) is 0 Å². The number of hydrogen-bond donors (Lipinski definition) is 0. The van der Waals surface area contributed by atoms with Crippen LogP contribution in [0.25, 0.3) is 0 Å². The Balaban J connectivity index is 3.41. The quantitative estimate of drug-likeness (QED) is 0.766. The Bertz CT molecular complexity index is 380. The molecule has 1 aromatic heterocycles. The zero-order valence-corrected chi connectivity index (χ0v) is 10.9. The summed E-state index contributed by atoms with van der Waals surface area (Å²) in [5.41, 5.74) is 1.16. The third-order valence-corrected chi connectivity index (χ3v) is 2.45. The van der Waals surface area contributed by atoms with Gasteiger partial charge < -0.3 is 4.74 Å². The van der Waals surface area contributed by atoms with E-state index in [1.54, 1.807) is 7.11 Å². The van der Waals surface area contributed by atoms with Crippen LogP contribution in [0.3, 0.4) is 0 Å². The lowest BCUT2D eigenvalue weighted by molar-refractivity contribution is 0.385. The molecule has 2 nitrogen and oxygen atoms in total. The van der Waals surface area contributed by atoms with Gasteiger partial charge in [-0.1, -0.05) is 34.6 Å². The highest BCUT2D eigenvalue weighted by molar-refractivity contribution is 5.35. The second-order valence-corrected chi connectivity index (χ2v) is 5.31. The molecule has 0 aliphatic heterocycles. The van der Waals surface area contributed by atoms with Crippen molar-refractivity contribution >= 4 is 0 Å². The predicted molar refractivity (Wildman–Crippen MR) is 63.5 cm³/mol. The average molecular weight is 225 g/mol. The highest BCUT2D eigenvalue weighted by atomic mass is 19.1. The van der Waals surface area contributed by atoms with E-state index < -0.39 is 0 Å². The van der Waals surface area contributed by atoms with E-state index in [-0.39, 0.29) is 17.2 Å². The summed E-state index contributed by atoms with van der Waals surface area (Å²) in [5.74, 6) is 0.307. The molecule has 1 aromatic rings. The molecular formula is C13H20FNO. The zero-order chi connectivity index (χ0) is 12.5. The van der Waals surface area contributed by atoms with Gasteiger partial charge in [0.05, 0.1) is 18.5 Å². The summed E-state index contributed by atoms with van der Waals surface area (Å²) in [6.07, 6.45) is 0. The molecule has 3 heteroatoms. The van der Waals surface area contributed by atoms with Crippen molar-refractivity contribution < 1.29 is 9.13 Å². The van der Waals surface area contributed by atoms with E-state index in [9.17, 15) is 4.39 Å². The fraction of sp³-hybridized carbons (Fsp3) is 0.615. The number of rotatable bonds is 2. The average Bonchev–Trinajstić information content (AvgIpc) is 2.14. The molecular weight excluding hydrogens is 205 g/mol. The van der Waals surface area contributed by atoms with Gasteiger partial charge in [-0.2, -0.15) is 0 Å². The Morgan fingerprint density at radius 3 is 2.25 bits per heavy atom. The second kappa shape index (κ2) is 4.40. The predicted octanol–water partition coefficient (Wildman–Crippen LogP) is 3.65. The van der Waals surface area contributed by atoms with Crippen LogP contribution in [0.2, 0.25) is 0 Å². The Kier molecular flexibility index (Phi) is 3.56. The maximum absolute atomic E-state index is 13.7. The van der Waals surface area contributed by atoms with Gasteiger partial charge in [0, 0.05) is 11.5 Å². The highest BCUT2D eigenvalue weighted by Crippen LogP contribution is 2.32. The first-order chi connectivity index (χ1) is 7.27. The molecule has 0 aliphatic carbocycles. The third-order valence-electron chi connectivity index (χ3n) is 2.45. The molecule has 0 aliphatic rings. The highest BCUT2D eigenvalue weighted by Gasteiger charge is 2.24. The van der Waals surface area contributed by atoms with Crippen LogP contribution in [0.4, 0.5) is 4.39 Å². The van der Waals surface area contributed by atoms with Gasteiger partial charge in [-0.05, 0) is 5.92 Å². The Labute approximate surface area is 96.8 Å². The summed E-state index contributed by atoms with van der Waals surface area (Å²) in [4.78, 5) is 4.41. The van der Waals surface area contributed by atoms with Crippen LogP contribution in [0.5, 0.6) is 5.75 Å². The van der Waals surface area contributed by atoms with E-state index in [4.69, 9.17) is 4.74 Å². The van der Waals surface area contributed by atoms with Gasteiger partial charge in [0.25, 0.3) is 0 Å². The maximum Gasteiger partial charge on any atom is 0.148 e. The summed E-state index contributed by atoms with van der Waals surface area (Å²) >= 11 is 0. The van der Waals surface area contributed by atoms with Gasteiger partial charge in [0.1, 0.15) is 11.6 Å². The molecule has 0 saturated carbocycles. The van der Waals surface area contributed by atoms with Gasteiger partial charge >= 0.3 is 0 Å². The van der Waals surface area contributed by atoms with Gasteiger partial charge in [-0.3, -0.25) is 4.98 Å². The molecule has 0 amide bonds. The molecule has 0 fully saturated rings. The minimum absolute atomic E-state index is 0.0759. The normalized spacial score (nSPS) is 12.0. The molecule has 0 bridgehead atoms. The minimum atomic E-state index is -0.292. The first-order valence-corrected chi connectivity index (χ1v) is 5.52. The van der Waals surface area contributed by atoms with E-state index in [2.05, 4.69) is 4.98 Å². The molecule has 1 heterocycles.